The van der Waals surface area contributed by atoms with Crippen LogP contribution in [0, 0.1) is 0 Å². The normalized spacial score (nSPS) is 15.9. The lowest BCUT2D eigenvalue weighted by molar-refractivity contribution is -0.146. The Bertz CT molecular complexity index is 706. The van der Waals surface area contributed by atoms with E-state index in [1.807, 2.05) is 54.6 Å². The maximum absolute atomic E-state index is 12.9. The number of carbonyl (C=O) groups is 1. The molecular formula is C23H29NO3. The smallest absolute Gasteiger partial charge is 0.256 e. The summed E-state index contributed by atoms with van der Waals surface area (Å²) in [7, 11) is 0. The summed E-state index contributed by atoms with van der Waals surface area (Å²) < 4.78 is 11.8. The summed E-state index contributed by atoms with van der Waals surface area (Å²) in [5.74, 6) is 0.764. The molecule has 27 heavy (non-hydrogen) atoms. The number of hydrogen-bond donors (Lipinski definition) is 1. The first-order valence-electron chi connectivity index (χ1n) is 9.94. The summed E-state index contributed by atoms with van der Waals surface area (Å²) in [6.45, 7) is 3.22. The van der Waals surface area contributed by atoms with E-state index >= 15 is 0 Å². The van der Waals surface area contributed by atoms with Crippen LogP contribution in [-0.4, -0.2) is 18.1 Å². The first kappa shape index (κ1) is 19.4. The Kier molecular flexibility index (Phi) is 6.88. The van der Waals surface area contributed by atoms with Crippen LogP contribution in [0.15, 0.2) is 54.6 Å². The van der Waals surface area contributed by atoms with Gasteiger partial charge in [0, 0.05) is 12.3 Å². The molecule has 0 aliphatic heterocycles. The highest BCUT2D eigenvalue weighted by molar-refractivity contribution is 5.97. The Labute approximate surface area is 161 Å². The molecule has 2 aromatic rings. The Morgan fingerprint density at radius 2 is 1.70 bits per heavy atom. The van der Waals surface area contributed by atoms with Gasteiger partial charge in [0.25, 0.3) is 5.91 Å². The number of hydrogen-bond acceptors (Lipinski definition) is 3. The molecule has 1 fully saturated rings. The van der Waals surface area contributed by atoms with Crippen LogP contribution in [0.5, 0.6) is 5.75 Å². The van der Waals surface area contributed by atoms with E-state index in [0.717, 1.165) is 49.1 Å². The number of anilines is 1. The van der Waals surface area contributed by atoms with E-state index in [4.69, 9.17) is 9.47 Å². The summed E-state index contributed by atoms with van der Waals surface area (Å²) in [6, 6.07) is 17.6. The van der Waals surface area contributed by atoms with E-state index in [1.165, 1.54) is 6.42 Å². The Morgan fingerprint density at radius 3 is 2.37 bits per heavy atom. The molecule has 2 aromatic carbocycles. The predicted molar refractivity (Wildman–Crippen MR) is 108 cm³/mol. The van der Waals surface area contributed by atoms with Gasteiger partial charge in [0.05, 0.1) is 0 Å². The number of carbonyl (C=O) groups excluding carboxylic acids is 1. The minimum absolute atomic E-state index is 0.0198. The zero-order valence-electron chi connectivity index (χ0n) is 16.1. The van der Waals surface area contributed by atoms with Gasteiger partial charge < -0.3 is 14.8 Å². The molecule has 0 unspecified atom stereocenters. The molecule has 1 aliphatic carbocycles. The molecule has 0 bridgehead atoms. The minimum Gasteiger partial charge on any atom is -0.489 e. The van der Waals surface area contributed by atoms with E-state index in [1.54, 1.807) is 0 Å². The fourth-order valence-corrected chi connectivity index (χ4v) is 3.48. The van der Waals surface area contributed by atoms with Crippen LogP contribution in [0.2, 0.25) is 0 Å². The van der Waals surface area contributed by atoms with Crippen molar-refractivity contribution >= 4 is 11.6 Å². The van der Waals surface area contributed by atoms with Crippen LogP contribution < -0.4 is 10.1 Å². The molecule has 4 heteroatoms. The van der Waals surface area contributed by atoms with Crippen molar-refractivity contribution < 1.29 is 14.3 Å². The highest BCUT2D eigenvalue weighted by Crippen LogP contribution is 2.33. The van der Waals surface area contributed by atoms with Crippen molar-refractivity contribution in [2.24, 2.45) is 0 Å². The third-order valence-electron chi connectivity index (χ3n) is 5.02. The van der Waals surface area contributed by atoms with Crippen LogP contribution in [0.4, 0.5) is 5.69 Å². The van der Waals surface area contributed by atoms with Crippen molar-refractivity contribution in [3.05, 3.63) is 60.2 Å². The molecule has 3 rings (SSSR count). The van der Waals surface area contributed by atoms with Gasteiger partial charge in [-0.1, -0.05) is 56.5 Å². The number of benzene rings is 2. The lowest BCUT2D eigenvalue weighted by Crippen LogP contribution is -2.47. The zero-order chi connectivity index (χ0) is 19.0. The van der Waals surface area contributed by atoms with Crippen molar-refractivity contribution in [1.82, 2.24) is 0 Å². The number of rotatable bonds is 8. The van der Waals surface area contributed by atoms with Crippen molar-refractivity contribution in [2.75, 3.05) is 11.9 Å². The van der Waals surface area contributed by atoms with E-state index in [2.05, 4.69) is 12.2 Å². The summed E-state index contributed by atoms with van der Waals surface area (Å²) in [5.41, 5.74) is 1.23. The third-order valence-corrected chi connectivity index (χ3v) is 5.02. The third kappa shape index (κ3) is 5.33. The van der Waals surface area contributed by atoms with Crippen LogP contribution in [0.25, 0.3) is 0 Å². The molecule has 0 heterocycles. The van der Waals surface area contributed by atoms with Crippen molar-refractivity contribution in [3.63, 3.8) is 0 Å². The number of amides is 1. The van der Waals surface area contributed by atoms with Gasteiger partial charge in [0.1, 0.15) is 18.0 Å². The Hall–Kier alpha value is -2.33. The van der Waals surface area contributed by atoms with Crippen LogP contribution in [-0.2, 0) is 16.1 Å². The molecule has 0 spiro atoms. The fraction of sp³-hybridized carbons (Fsp3) is 0.435. The van der Waals surface area contributed by atoms with Gasteiger partial charge in [-0.25, -0.2) is 0 Å². The molecule has 144 valence electrons. The quantitative estimate of drug-likeness (QED) is 0.686. The highest BCUT2D eigenvalue weighted by Gasteiger charge is 2.40. The SMILES string of the molecule is CCCOC1(C(=O)Nc2ccc(OCc3ccccc3)cc2)CCCCC1. The van der Waals surface area contributed by atoms with Gasteiger partial charge >= 0.3 is 0 Å². The van der Waals surface area contributed by atoms with Crippen LogP contribution in [0.1, 0.15) is 51.0 Å². The average Bonchev–Trinajstić information content (AvgIpc) is 2.73. The van der Waals surface area contributed by atoms with E-state index in [-0.39, 0.29) is 5.91 Å². The van der Waals surface area contributed by atoms with Crippen molar-refractivity contribution in [3.8, 4) is 5.75 Å². The van der Waals surface area contributed by atoms with Gasteiger partial charge in [-0.2, -0.15) is 0 Å². The van der Waals surface area contributed by atoms with Crippen LogP contribution >= 0.6 is 0 Å². The van der Waals surface area contributed by atoms with Crippen LogP contribution in [0.3, 0.4) is 0 Å². The molecule has 1 saturated carbocycles. The van der Waals surface area contributed by atoms with Gasteiger partial charge in [-0.15, -0.1) is 0 Å². The average molecular weight is 367 g/mol. The largest absolute Gasteiger partial charge is 0.489 e. The minimum atomic E-state index is -0.670. The highest BCUT2D eigenvalue weighted by atomic mass is 16.5. The summed E-state index contributed by atoms with van der Waals surface area (Å²) in [6.07, 6.45) is 5.79. The van der Waals surface area contributed by atoms with Gasteiger partial charge in [0.2, 0.25) is 0 Å². The lowest BCUT2D eigenvalue weighted by Gasteiger charge is -2.35. The fourth-order valence-electron chi connectivity index (χ4n) is 3.48. The first-order chi connectivity index (χ1) is 13.2. The summed E-state index contributed by atoms with van der Waals surface area (Å²) >= 11 is 0. The second-order valence-corrected chi connectivity index (χ2v) is 7.16. The predicted octanol–water partition coefficient (Wildman–Crippen LogP) is 5.33. The molecule has 1 amide bonds. The zero-order valence-corrected chi connectivity index (χ0v) is 16.1. The van der Waals surface area contributed by atoms with E-state index in [9.17, 15) is 4.79 Å². The van der Waals surface area contributed by atoms with Gasteiger partial charge in [0.15, 0.2) is 0 Å². The van der Waals surface area contributed by atoms with Gasteiger partial charge in [-0.3, -0.25) is 4.79 Å². The maximum Gasteiger partial charge on any atom is 0.256 e. The topological polar surface area (TPSA) is 47.6 Å². The second kappa shape index (κ2) is 9.56. The van der Waals surface area contributed by atoms with E-state index < -0.39 is 5.60 Å². The monoisotopic (exact) mass is 367 g/mol. The summed E-state index contributed by atoms with van der Waals surface area (Å²) in [5, 5.41) is 3.04. The van der Waals surface area contributed by atoms with Gasteiger partial charge in [-0.05, 0) is 49.1 Å². The molecule has 0 atom stereocenters. The van der Waals surface area contributed by atoms with E-state index in [0.29, 0.717) is 13.2 Å². The molecule has 1 N–H and O–H groups in total. The maximum atomic E-state index is 12.9. The molecule has 0 aromatic heterocycles. The molecular weight excluding hydrogens is 338 g/mol. The van der Waals surface area contributed by atoms with Crippen molar-refractivity contribution in [1.29, 1.82) is 0 Å². The molecule has 4 nitrogen and oxygen atoms in total. The Morgan fingerprint density at radius 1 is 1.00 bits per heavy atom. The Balaban J connectivity index is 1.58. The van der Waals surface area contributed by atoms with Crippen molar-refractivity contribution in [2.45, 2.75) is 57.7 Å². The number of ether oxygens (including phenoxy) is 2. The molecule has 0 radical (unpaired) electrons. The summed E-state index contributed by atoms with van der Waals surface area (Å²) in [4.78, 5) is 12.9. The molecule has 1 aliphatic rings. The second-order valence-electron chi connectivity index (χ2n) is 7.16. The standard InChI is InChI=1S/C23H29NO3/c1-2-17-27-23(15-7-4-8-16-23)22(25)24-20-11-13-21(14-12-20)26-18-19-9-5-3-6-10-19/h3,5-6,9-14H,2,4,7-8,15-18H2,1H3,(H,24,25). The number of nitrogens with one attached hydrogen (secondary N) is 1. The lowest BCUT2D eigenvalue weighted by atomic mass is 9.83. The molecule has 0 saturated heterocycles. The first-order valence-corrected chi connectivity index (χ1v) is 9.94.